The van der Waals surface area contributed by atoms with E-state index in [2.05, 4.69) is 11.4 Å². The van der Waals surface area contributed by atoms with E-state index in [9.17, 15) is 4.79 Å². The van der Waals surface area contributed by atoms with Crippen molar-refractivity contribution in [2.75, 3.05) is 11.6 Å². The molecule has 0 saturated carbocycles. The molecule has 3 rings (SSSR count). The Kier molecular flexibility index (Phi) is 4.61. The lowest BCUT2D eigenvalue weighted by atomic mass is 10.1. The van der Waals surface area contributed by atoms with Crippen LogP contribution >= 0.6 is 23.1 Å². The zero-order valence-corrected chi connectivity index (χ0v) is 13.7. The number of carbonyl (C=O) groups excluding carboxylic acids is 1. The summed E-state index contributed by atoms with van der Waals surface area (Å²) in [4.78, 5) is 14.7. The van der Waals surface area contributed by atoms with Crippen LogP contribution in [-0.4, -0.2) is 12.2 Å². The largest absolute Gasteiger partial charge is 0.321 e. The number of amides is 1. The van der Waals surface area contributed by atoms with E-state index >= 15 is 0 Å². The minimum absolute atomic E-state index is 0.0864. The van der Waals surface area contributed by atoms with Crippen molar-refractivity contribution in [2.24, 2.45) is 0 Å². The van der Waals surface area contributed by atoms with Crippen molar-refractivity contribution in [3.63, 3.8) is 0 Å². The molecule has 0 atom stereocenters. The van der Waals surface area contributed by atoms with Crippen molar-refractivity contribution in [3.8, 4) is 10.4 Å². The highest BCUT2D eigenvalue weighted by atomic mass is 32.2. The number of para-hydroxylation sites is 1. The number of hydrogen-bond acceptors (Lipinski definition) is 3. The van der Waals surface area contributed by atoms with Crippen molar-refractivity contribution in [3.05, 3.63) is 71.6 Å². The zero-order chi connectivity index (χ0) is 15.4. The standard InChI is InChI=1S/C18H15NOS2/c1-21-14-10-8-13(9-11-14)18(20)19-16-6-3-2-5-15(16)17-7-4-12-22-17/h2-12H,1H3,(H,19,20). The molecule has 1 N–H and O–H groups in total. The van der Waals surface area contributed by atoms with Gasteiger partial charge in [-0.3, -0.25) is 4.79 Å². The lowest BCUT2D eigenvalue weighted by Crippen LogP contribution is -2.12. The Morgan fingerprint density at radius 3 is 2.45 bits per heavy atom. The molecular formula is C18H15NOS2. The number of carbonyl (C=O) groups is 1. The highest BCUT2D eigenvalue weighted by Crippen LogP contribution is 2.31. The van der Waals surface area contributed by atoms with Gasteiger partial charge in [0, 0.05) is 26.6 Å². The third-order valence-corrected chi connectivity index (χ3v) is 4.96. The minimum Gasteiger partial charge on any atom is -0.321 e. The van der Waals surface area contributed by atoms with Crippen LogP contribution in [0.2, 0.25) is 0 Å². The number of anilines is 1. The quantitative estimate of drug-likeness (QED) is 0.652. The SMILES string of the molecule is CSc1ccc(C(=O)Nc2ccccc2-c2cccs2)cc1. The summed E-state index contributed by atoms with van der Waals surface area (Å²) in [5.41, 5.74) is 2.55. The summed E-state index contributed by atoms with van der Waals surface area (Å²) in [6, 6.07) is 19.6. The second-order valence-corrected chi connectivity index (χ2v) is 6.53. The van der Waals surface area contributed by atoms with Crippen LogP contribution < -0.4 is 5.32 Å². The van der Waals surface area contributed by atoms with Gasteiger partial charge in [-0.25, -0.2) is 0 Å². The Hall–Kier alpha value is -2.04. The zero-order valence-electron chi connectivity index (χ0n) is 12.1. The van der Waals surface area contributed by atoms with Crippen LogP contribution in [0.4, 0.5) is 5.69 Å². The summed E-state index contributed by atoms with van der Waals surface area (Å²) in [6.07, 6.45) is 2.02. The number of hydrogen-bond donors (Lipinski definition) is 1. The number of benzene rings is 2. The summed E-state index contributed by atoms with van der Waals surface area (Å²) in [5, 5.41) is 5.05. The van der Waals surface area contributed by atoms with Gasteiger partial charge in [-0.2, -0.15) is 0 Å². The van der Waals surface area contributed by atoms with Crippen molar-refractivity contribution in [2.45, 2.75) is 4.90 Å². The van der Waals surface area contributed by atoms with E-state index in [1.54, 1.807) is 23.1 Å². The Morgan fingerprint density at radius 1 is 1.00 bits per heavy atom. The number of nitrogens with one attached hydrogen (secondary N) is 1. The van der Waals surface area contributed by atoms with E-state index in [-0.39, 0.29) is 5.91 Å². The molecule has 0 aliphatic heterocycles. The van der Waals surface area contributed by atoms with Crippen LogP contribution in [0, 0.1) is 0 Å². The third kappa shape index (κ3) is 3.24. The summed E-state index contributed by atoms with van der Waals surface area (Å²) < 4.78 is 0. The Morgan fingerprint density at radius 2 is 1.77 bits per heavy atom. The number of thiophene rings is 1. The van der Waals surface area contributed by atoms with E-state index in [1.165, 1.54) is 0 Å². The first kappa shape index (κ1) is 14.9. The van der Waals surface area contributed by atoms with Crippen molar-refractivity contribution < 1.29 is 4.79 Å². The molecule has 4 heteroatoms. The topological polar surface area (TPSA) is 29.1 Å². The molecule has 2 nitrogen and oxygen atoms in total. The highest BCUT2D eigenvalue weighted by molar-refractivity contribution is 7.98. The summed E-state index contributed by atoms with van der Waals surface area (Å²) in [6.45, 7) is 0. The molecule has 0 spiro atoms. The smallest absolute Gasteiger partial charge is 0.255 e. The molecule has 0 aliphatic rings. The molecule has 1 aromatic heterocycles. The van der Waals surface area contributed by atoms with Crippen molar-refractivity contribution >= 4 is 34.7 Å². The van der Waals surface area contributed by atoms with Crippen LogP contribution in [-0.2, 0) is 0 Å². The minimum atomic E-state index is -0.0864. The molecule has 22 heavy (non-hydrogen) atoms. The summed E-state index contributed by atoms with van der Waals surface area (Å²) in [7, 11) is 0. The van der Waals surface area contributed by atoms with E-state index < -0.39 is 0 Å². The number of thioether (sulfide) groups is 1. The second kappa shape index (κ2) is 6.81. The molecule has 110 valence electrons. The second-order valence-electron chi connectivity index (χ2n) is 4.71. The van der Waals surface area contributed by atoms with Gasteiger partial charge in [-0.15, -0.1) is 23.1 Å². The van der Waals surface area contributed by atoms with E-state index in [0.29, 0.717) is 5.56 Å². The fraction of sp³-hybridized carbons (Fsp3) is 0.0556. The molecular weight excluding hydrogens is 310 g/mol. The van der Waals surface area contributed by atoms with Gasteiger partial charge in [-0.1, -0.05) is 24.3 Å². The van der Waals surface area contributed by atoms with Gasteiger partial charge in [0.1, 0.15) is 0 Å². The molecule has 1 amide bonds. The normalized spacial score (nSPS) is 10.4. The highest BCUT2D eigenvalue weighted by Gasteiger charge is 2.10. The average Bonchev–Trinajstić information content (AvgIpc) is 3.10. The van der Waals surface area contributed by atoms with Gasteiger partial charge in [0.05, 0.1) is 0 Å². The van der Waals surface area contributed by atoms with Gasteiger partial charge in [0.15, 0.2) is 0 Å². The van der Waals surface area contributed by atoms with Crippen LogP contribution in [0.3, 0.4) is 0 Å². The maximum atomic E-state index is 12.4. The first-order valence-corrected chi connectivity index (χ1v) is 8.96. The molecule has 0 bridgehead atoms. The predicted octanol–water partition coefficient (Wildman–Crippen LogP) is 5.39. The van der Waals surface area contributed by atoms with Gasteiger partial charge in [0.2, 0.25) is 0 Å². The Labute approximate surface area is 138 Å². The monoisotopic (exact) mass is 325 g/mol. The molecule has 2 aromatic carbocycles. The lowest BCUT2D eigenvalue weighted by Gasteiger charge is -2.10. The van der Waals surface area contributed by atoms with Crippen molar-refractivity contribution in [1.29, 1.82) is 0 Å². The van der Waals surface area contributed by atoms with E-state index in [1.807, 2.05) is 66.2 Å². The van der Waals surface area contributed by atoms with E-state index in [4.69, 9.17) is 0 Å². The molecule has 1 heterocycles. The van der Waals surface area contributed by atoms with Crippen LogP contribution in [0.25, 0.3) is 10.4 Å². The number of rotatable bonds is 4. The Bertz CT molecular complexity index is 764. The Balaban J connectivity index is 1.85. The lowest BCUT2D eigenvalue weighted by molar-refractivity contribution is 0.102. The average molecular weight is 325 g/mol. The predicted molar refractivity (Wildman–Crippen MR) is 95.9 cm³/mol. The van der Waals surface area contributed by atoms with Gasteiger partial charge >= 0.3 is 0 Å². The first-order valence-electron chi connectivity index (χ1n) is 6.86. The summed E-state index contributed by atoms with van der Waals surface area (Å²) in [5.74, 6) is -0.0864. The molecule has 3 aromatic rings. The molecule has 0 saturated heterocycles. The van der Waals surface area contributed by atoms with Gasteiger partial charge in [-0.05, 0) is 48.0 Å². The fourth-order valence-electron chi connectivity index (χ4n) is 2.18. The first-order chi connectivity index (χ1) is 10.8. The molecule has 0 unspecified atom stereocenters. The molecule has 0 aliphatic carbocycles. The van der Waals surface area contributed by atoms with Gasteiger partial charge in [0.25, 0.3) is 5.91 Å². The van der Waals surface area contributed by atoms with Crippen LogP contribution in [0.1, 0.15) is 10.4 Å². The maximum Gasteiger partial charge on any atom is 0.255 e. The fourth-order valence-corrected chi connectivity index (χ4v) is 3.35. The molecule has 0 fully saturated rings. The van der Waals surface area contributed by atoms with E-state index in [0.717, 1.165) is 21.0 Å². The molecule has 0 radical (unpaired) electrons. The maximum absolute atomic E-state index is 12.4. The van der Waals surface area contributed by atoms with Gasteiger partial charge < -0.3 is 5.32 Å². The van der Waals surface area contributed by atoms with Crippen LogP contribution in [0.15, 0.2) is 70.9 Å². The van der Waals surface area contributed by atoms with Crippen molar-refractivity contribution in [1.82, 2.24) is 0 Å². The van der Waals surface area contributed by atoms with Crippen LogP contribution in [0.5, 0.6) is 0 Å². The summed E-state index contributed by atoms with van der Waals surface area (Å²) >= 11 is 3.33. The third-order valence-electron chi connectivity index (χ3n) is 3.31.